The van der Waals surface area contributed by atoms with E-state index >= 15 is 0 Å². The van der Waals surface area contributed by atoms with Crippen LogP contribution in [0.3, 0.4) is 0 Å². The minimum Gasteiger partial charge on any atom is -0.334 e. The Hall–Kier alpha value is -1.65. The summed E-state index contributed by atoms with van der Waals surface area (Å²) < 4.78 is 30.1. The smallest absolute Gasteiger partial charge is 0.133 e. The van der Waals surface area contributed by atoms with Gasteiger partial charge < -0.3 is 9.88 Å². The number of nitrogens with one attached hydrogen (secondary N) is 1. The molecule has 0 saturated carbocycles. The van der Waals surface area contributed by atoms with Gasteiger partial charge in [0.05, 0.1) is 6.04 Å². The minimum atomic E-state index is -0.965. The van der Waals surface area contributed by atoms with Gasteiger partial charge >= 0.3 is 0 Å². The number of piperidine rings is 1. The summed E-state index contributed by atoms with van der Waals surface area (Å²) in [5.41, 5.74) is 1.76. The lowest BCUT2D eigenvalue weighted by molar-refractivity contribution is 0.190. The van der Waals surface area contributed by atoms with Gasteiger partial charge in [-0.15, -0.1) is 0 Å². The van der Waals surface area contributed by atoms with Crippen molar-refractivity contribution in [1.82, 2.24) is 9.88 Å². The first kappa shape index (κ1) is 14.0. The molecule has 2 aromatic carbocycles. The van der Waals surface area contributed by atoms with Crippen molar-refractivity contribution in [3.05, 3.63) is 47.2 Å². The number of nitrogens with zero attached hydrogens (tertiary/aromatic N) is 1. The lowest BCUT2D eigenvalue weighted by atomic mass is 10.0. The predicted octanol–water partition coefficient (Wildman–Crippen LogP) is 4.46. The van der Waals surface area contributed by atoms with Gasteiger partial charge in [-0.3, -0.25) is 0 Å². The summed E-state index contributed by atoms with van der Waals surface area (Å²) in [6, 6.07) is 9.92. The molecule has 22 heavy (non-hydrogen) atoms. The van der Waals surface area contributed by atoms with Crippen molar-refractivity contribution in [3.8, 4) is 0 Å². The quantitative estimate of drug-likeness (QED) is 0.700. The van der Waals surface area contributed by atoms with Crippen molar-refractivity contribution >= 4 is 33.4 Å². The van der Waals surface area contributed by atoms with Crippen LogP contribution in [0.25, 0.3) is 21.8 Å². The zero-order valence-electron chi connectivity index (χ0n) is 11.8. The highest BCUT2D eigenvalue weighted by Gasteiger charge is 2.28. The molecule has 1 unspecified atom stereocenters. The van der Waals surface area contributed by atoms with Crippen LogP contribution in [0.2, 0.25) is 5.02 Å². The molecule has 0 amide bonds. The van der Waals surface area contributed by atoms with Gasteiger partial charge in [-0.25, -0.2) is 8.78 Å². The molecule has 4 rings (SSSR count). The fraction of sp³-hybridized carbons (Fsp3) is 0.294. The van der Waals surface area contributed by atoms with Gasteiger partial charge in [0.15, 0.2) is 0 Å². The molecule has 0 radical (unpaired) electrons. The molecule has 1 N–H and O–H groups in total. The molecular formula is C17H15ClF2N2. The Balaban J connectivity index is 2.06. The van der Waals surface area contributed by atoms with E-state index in [1.54, 1.807) is 12.1 Å². The van der Waals surface area contributed by atoms with E-state index in [4.69, 9.17) is 11.6 Å². The first-order chi connectivity index (χ1) is 10.6. The van der Waals surface area contributed by atoms with Crippen LogP contribution in [-0.4, -0.2) is 23.8 Å². The van der Waals surface area contributed by atoms with Crippen molar-refractivity contribution in [2.75, 3.05) is 13.1 Å². The van der Waals surface area contributed by atoms with E-state index in [0.717, 1.165) is 28.4 Å². The molecule has 2 atom stereocenters. The fourth-order valence-corrected chi connectivity index (χ4v) is 3.62. The van der Waals surface area contributed by atoms with Gasteiger partial charge in [-0.1, -0.05) is 11.6 Å². The van der Waals surface area contributed by atoms with E-state index in [2.05, 4.69) is 5.32 Å². The van der Waals surface area contributed by atoms with Gasteiger partial charge in [0.2, 0.25) is 0 Å². The average Bonchev–Trinajstić information content (AvgIpc) is 2.81. The van der Waals surface area contributed by atoms with Crippen LogP contribution in [0.5, 0.6) is 0 Å². The van der Waals surface area contributed by atoms with Crippen LogP contribution >= 0.6 is 11.6 Å². The van der Waals surface area contributed by atoms with Crippen LogP contribution in [0, 0.1) is 5.82 Å². The second kappa shape index (κ2) is 5.21. The monoisotopic (exact) mass is 320 g/mol. The molecule has 0 bridgehead atoms. The van der Waals surface area contributed by atoms with Gasteiger partial charge in [-0.05, 0) is 49.4 Å². The number of alkyl halides is 1. The number of aromatic nitrogens is 1. The standard InChI is InChI=1S/C17H15ClF2N2/c18-10-1-3-15-12(7-10)13-8-11(19)2-4-16(13)22(15)17-5-6-21-9-14(17)20/h1-4,7-8,14,17,21H,5-6,9H2/t14?,17-/m0/s1. The zero-order chi connectivity index (χ0) is 15.3. The normalized spacial score (nSPS) is 22.5. The third-order valence-electron chi connectivity index (χ3n) is 4.43. The zero-order valence-corrected chi connectivity index (χ0v) is 12.6. The molecule has 0 spiro atoms. The number of hydrogen-bond donors (Lipinski definition) is 1. The Bertz CT molecular complexity index is 799. The Morgan fingerprint density at radius 2 is 1.82 bits per heavy atom. The molecule has 3 aromatic rings. The molecule has 1 aliphatic heterocycles. The summed E-state index contributed by atoms with van der Waals surface area (Å²) in [6.45, 7) is 1.13. The number of benzene rings is 2. The fourth-order valence-electron chi connectivity index (χ4n) is 3.45. The Morgan fingerprint density at radius 3 is 2.59 bits per heavy atom. The molecular weight excluding hydrogens is 306 g/mol. The highest BCUT2D eigenvalue weighted by molar-refractivity contribution is 6.31. The number of rotatable bonds is 1. The van der Waals surface area contributed by atoms with Gasteiger partial charge in [0, 0.05) is 33.4 Å². The summed E-state index contributed by atoms with van der Waals surface area (Å²) >= 11 is 6.10. The van der Waals surface area contributed by atoms with Crippen molar-refractivity contribution in [1.29, 1.82) is 0 Å². The molecule has 1 fully saturated rings. The molecule has 1 saturated heterocycles. The van der Waals surface area contributed by atoms with Crippen molar-refractivity contribution in [2.45, 2.75) is 18.6 Å². The SMILES string of the molecule is Fc1ccc2c(c1)c1cc(Cl)ccc1n2[C@H]1CCNCC1F. The maximum Gasteiger partial charge on any atom is 0.133 e. The van der Waals surface area contributed by atoms with E-state index in [-0.39, 0.29) is 11.9 Å². The minimum absolute atomic E-state index is 0.243. The maximum atomic E-state index is 14.4. The lowest BCUT2D eigenvalue weighted by Gasteiger charge is -2.29. The van der Waals surface area contributed by atoms with Gasteiger partial charge in [-0.2, -0.15) is 0 Å². The second-order valence-corrected chi connectivity index (χ2v) is 6.21. The average molecular weight is 321 g/mol. The summed E-state index contributed by atoms with van der Waals surface area (Å²) in [5, 5.41) is 5.32. The number of fused-ring (bicyclic) bond motifs is 3. The largest absolute Gasteiger partial charge is 0.334 e. The molecule has 114 valence electrons. The Kier molecular flexibility index (Phi) is 3.31. The molecule has 0 aliphatic carbocycles. The summed E-state index contributed by atoms with van der Waals surface area (Å²) in [6.07, 6.45) is -0.256. The van der Waals surface area contributed by atoms with Crippen LogP contribution in [-0.2, 0) is 0 Å². The molecule has 5 heteroatoms. The first-order valence-electron chi connectivity index (χ1n) is 7.38. The molecule has 1 aliphatic rings. The molecule has 2 nitrogen and oxygen atoms in total. The highest BCUT2D eigenvalue weighted by Crippen LogP contribution is 2.36. The third-order valence-corrected chi connectivity index (χ3v) is 4.67. The highest BCUT2D eigenvalue weighted by atomic mass is 35.5. The third kappa shape index (κ3) is 2.09. The van der Waals surface area contributed by atoms with E-state index in [0.29, 0.717) is 18.0 Å². The predicted molar refractivity (Wildman–Crippen MR) is 85.8 cm³/mol. The van der Waals surface area contributed by atoms with Crippen molar-refractivity contribution in [3.63, 3.8) is 0 Å². The number of halogens is 3. The first-order valence-corrected chi connectivity index (χ1v) is 7.76. The van der Waals surface area contributed by atoms with Crippen LogP contribution < -0.4 is 5.32 Å². The van der Waals surface area contributed by atoms with E-state index < -0.39 is 6.17 Å². The van der Waals surface area contributed by atoms with Crippen LogP contribution in [0.1, 0.15) is 12.5 Å². The summed E-state index contributed by atoms with van der Waals surface area (Å²) in [5.74, 6) is -0.298. The van der Waals surface area contributed by atoms with Gasteiger partial charge in [0.1, 0.15) is 12.0 Å². The Labute approximate surface area is 131 Å². The second-order valence-electron chi connectivity index (χ2n) is 5.77. The van der Waals surface area contributed by atoms with Crippen LogP contribution in [0.4, 0.5) is 8.78 Å². The van der Waals surface area contributed by atoms with Crippen molar-refractivity contribution < 1.29 is 8.78 Å². The molecule has 1 aromatic heterocycles. The maximum absolute atomic E-state index is 14.4. The van der Waals surface area contributed by atoms with Crippen LogP contribution in [0.15, 0.2) is 36.4 Å². The van der Waals surface area contributed by atoms with Gasteiger partial charge in [0.25, 0.3) is 0 Å². The van der Waals surface area contributed by atoms with E-state index in [1.165, 1.54) is 12.1 Å². The number of hydrogen-bond acceptors (Lipinski definition) is 1. The topological polar surface area (TPSA) is 17.0 Å². The van der Waals surface area contributed by atoms with E-state index in [9.17, 15) is 8.78 Å². The molecule has 2 heterocycles. The Morgan fingerprint density at radius 1 is 1.09 bits per heavy atom. The lowest BCUT2D eigenvalue weighted by Crippen LogP contribution is -2.39. The van der Waals surface area contributed by atoms with Crippen molar-refractivity contribution in [2.24, 2.45) is 0 Å². The van der Waals surface area contributed by atoms with E-state index in [1.807, 2.05) is 16.7 Å². The summed E-state index contributed by atoms with van der Waals surface area (Å²) in [4.78, 5) is 0. The summed E-state index contributed by atoms with van der Waals surface area (Å²) in [7, 11) is 0.